The van der Waals surface area contributed by atoms with Crippen molar-refractivity contribution in [2.24, 2.45) is 11.8 Å². The third-order valence-corrected chi connectivity index (χ3v) is 1.84. The fraction of sp³-hybridized carbons (Fsp3) is 0.714. The maximum Gasteiger partial charge on any atom is 0.0641 e. The SMILES string of the molecule is C=C(CO)[C@@H]1C[C@@H]1C. The molecule has 1 fully saturated rings. The average molecular weight is 112 g/mol. The Morgan fingerprint density at radius 3 is 2.50 bits per heavy atom. The first kappa shape index (κ1) is 5.83. The Bertz CT molecular complexity index is 107. The monoisotopic (exact) mass is 112 g/mol. The van der Waals surface area contributed by atoms with Crippen molar-refractivity contribution < 1.29 is 5.11 Å². The molecule has 0 aliphatic heterocycles. The molecule has 0 spiro atoms. The van der Waals surface area contributed by atoms with Crippen molar-refractivity contribution in [3.05, 3.63) is 12.2 Å². The highest BCUT2D eigenvalue weighted by molar-refractivity contribution is 5.10. The molecule has 0 saturated heterocycles. The summed E-state index contributed by atoms with van der Waals surface area (Å²) < 4.78 is 0. The van der Waals surface area contributed by atoms with E-state index in [9.17, 15) is 0 Å². The van der Waals surface area contributed by atoms with Crippen molar-refractivity contribution in [1.29, 1.82) is 0 Å². The van der Waals surface area contributed by atoms with E-state index < -0.39 is 0 Å². The number of rotatable bonds is 2. The topological polar surface area (TPSA) is 20.2 Å². The second kappa shape index (κ2) is 1.90. The summed E-state index contributed by atoms with van der Waals surface area (Å²) in [4.78, 5) is 0. The number of aliphatic hydroxyl groups is 1. The van der Waals surface area contributed by atoms with Gasteiger partial charge in [-0.2, -0.15) is 0 Å². The molecule has 1 aliphatic rings. The van der Waals surface area contributed by atoms with E-state index in [0.717, 1.165) is 11.5 Å². The zero-order valence-corrected chi connectivity index (χ0v) is 5.22. The van der Waals surface area contributed by atoms with Gasteiger partial charge >= 0.3 is 0 Å². The largest absolute Gasteiger partial charge is 0.392 e. The summed E-state index contributed by atoms with van der Waals surface area (Å²) in [6.45, 7) is 6.10. The van der Waals surface area contributed by atoms with Crippen molar-refractivity contribution in [3.63, 3.8) is 0 Å². The molecule has 0 aromatic carbocycles. The predicted molar refractivity (Wildman–Crippen MR) is 33.5 cm³/mol. The highest BCUT2D eigenvalue weighted by Crippen LogP contribution is 2.42. The Labute approximate surface area is 50.0 Å². The Hall–Kier alpha value is -0.300. The zero-order chi connectivity index (χ0) is 6.15. The van der Waals surface area contributed by atoms with Gasteiger partial charge in [-0.3, -0.25) is 0 Å². The molecule has 1 saturated carbocycles. The highest BCUT2D eigenvalue weighted by atomic mass is 16.3. The van der Waals surface area contributed by atoms with Crippen molar-refractivity contribution in [1.82, 2.24) is 0 Å². The number of hydrogen-bond donors (Lipinski definition) is 1. The minimum atomic E-state index is 0.176. The molecule has 0 heterocycles. The summed E-state index contributed by atoms with van der Waals surface area (Å²) in [5, 5.41) is 8.56. The molecule has 1 aliphatic carbocycles. The molecule has 0 aromatic rings. The van der Waals surface area contributed by atoms with E-state index >= 15 is 0 Å². The first-order chi connectivity index (χ1) is 3.75. The zero-order valence-electron chi connectivity index (χ0n) is 5.22. The molecule has 1 rings (SSSR count). The second-order valence-electron chi connectivity index (χ2n) is 2.64. The van der Waals surface area contributed by atoms with Crippen LogP contribution in [-0.4, -0.2) is 11.7 Å². The van der Waals surface area contributed by atoms with Gasteiger partial charge in [-0.25, -0.2) is 0 Å². The van der Waals surface area contributed by atoms with Crippen molar-refractivity contribution in [2.45, 2.75) is 13.3 Å². The first-order valence-electron chi connectivity index (χ1n) is 3.04. The summed E-state index contributed by atoms with van der Waals surface area (Å²) >= 11 is 0. The lowest BCUT2D eigenvalue weighted by atomic mass is 10.2. The molecule has 0 radical (unpaired) electrons. The highest BCUT2D eigenvalue weighted by Gasteiger charge is 2.33. The van der Waals surface area contributed by atoms with Gasteiger partial charge in [0.2, 0.25) is 0 Å². The Balaban J connectivity index is 2.28. The molecular weight excluding hydrogens is 100 g/mol. The molecule has 0 aromatic heterocycles. The molecule has 0 amide bonds. The van der Waals surface area contributed by atoms with E-state index in [1.165, 1.54) is 6.42 Å². The van der Waals surface area contributed by atoms with E-state index in [4.69, 9.17) is 5.11 Å². The lowest BCUT2D eigenvalue weighted by Gasteiger charge is -1.94. The van der Waals surface area contributed by atoms with E-state index in [2.05, 4.69) is 13.5 Å². The molecule has 0 unspecified atom stereocenters. The van der Waals surface area contributed by atoms with Crippen molar-refractivity contribution in [3.8, 4) is 0 Å². The number of hydrogen-bond acceptors (Lipinski definition) is 1. The molecule has 46 valence electrons. The van der Waals surface area contributed by atoms with Gasteiger partial charge in [0.25, 0.3) is 0 Å². The Kier molecular flexibility index (Phi) is 1.39. The van der Waals surface area contributed by atoms with Gasteiger partial charge in [0.1, 0.15) is 0 Å². The van der Waals surface area contributed by atoms with E-state index in [-0.39, 0.29) is 6.61 Å². The molecule has 1 nitrogen and oxygen atoms in total. The van der Waals surface area contributed by atoms with Gasteiger partial charge in [-0.05, 0) is 23.8 Å². The average Bonchev–Trinajstić information content (AvgIpc) is 2.45. The van der Waals surface area contributed by atoms with Crippen LogP contribution in [0.25, 0.3) is 0 Å². The molecule has 1 N–H and O–H groups in total. The van der Waals surface area contributed by atoms with E-state index in [1.807, 2.05) is 0 Å². The van der Waals surface area contributed by atoms with Crippen LogP contribution in [0.5, 0.6) is 0 Å². The normalized spacial score (nSPS) is 34.8. The fourth-order valence-electron chi connectivity index (χ4n) is 1.01. The standard InChI is InChI=1S/C7H12O/c1-5-3-7(5)6(2)4-8/h5,7-8H,2-4H2,1H3/t5-,7+/m0/s1. The van der Waals surface area contributed by atoms with Crippen molar-refractivity contribution in [2.75, 3.05) is 6.61 Å². The van der Waals surface area contributed by atoms with Gasteiger partial charge in [0.05, 0.1) is 6.61 Å². The van der Waals surface area contributed by atoms with Crippen LogP contribution in [0.15, 0.2) is 12.2 Å². The van der Waals surface area contributed by atoms with Crippen LogP contribution in [0, 0.1) is 11.8 Å². The van der Waals surface area contributed by atoms with Crippen LogP contribution in [0.4, 0.5) is 0 Å². The van der Waals surface area contributed by atoms with Crippen molar-refractivity contribution >= 4 is 0 Å². The first-order valence-corrected chi connectivity index (χ1v) is 3.04. The van der Waals surface area contributed by atoms with Crippen LogP contribution < -0.4 is 0 Å². The fourth-order valence-corrected chi connectivity index (χ4v) is 1.01. The minimum Gasteiger partial charge on any atom is -0.392 e. The third kappa shape index (κ3) is 0.920. The van der Waals surface area contributed by atoms with Gasteiger partial charge in [-0.1, -0.05) is 13.5 Å². The smallest absolute Gasteiger partial charge is 0.0641 e. The van der Waals surface area contributed by atoms with Crippen LogP contribution in [0.2, 0.25) is 0 Å². The molecule has 0 bridgehead atoms. The maximum atomic E-state index is 8.56. The summed E-state index contributed by atoms with van der Waals surface area (Å²) in [5.74, 6) is 1.43. The Morgan fingerprint density at radius 1 is 1.88 bits per heavy atom. The van der Waals surface area contributed by atoms with Crippen LogP contribution in [0.1, 0.15) is 13.3 Å². The third-order valence-electron chi connectivity index (χ3n) is 1.84. The van der Waals surface area contributed by atoms with Gasteiger partial charge in [0, 0.05) is 0 Å². The quantitative estimate of drug-likeness (QED) is 0.532. The number of aliphatic hydroxyl groups excluding tert-OH is 1. The van der Waals surface area contributed by atoms with Gasteiger partial charge in [-0.15, -0.1) is 0 Å². The van der Waals surface area contributed by atoms with Gasteiger partial charge < -0.3 is 5.11 Å². The van der Waals surface area contributed by atoms with Crippen LogP contribution in [-0.2, 0) is 0 Å². The van der Waals surface area contributed by atoms with Gasteiger partial charge in [0.15, 0.2) is 0 Å². The molecule has 8 heavy (non-hydrogen) atoms. The van der Waals surface area contributed by atoms with E-state index in [1.54, 1.807) is 0 Å². The van der Waals surface area contributed by atoms with Crippen LogP contribution in [0.3, 0.4) is 0 Å². The lowest BCUT2D eigenvalue weighted by Crippen LogP contribution is -1.90. The summed E-state index contributed by atoms with van der Waals surface area (Å²) in [5.41, 5.74) is 1.01. The summed E-state index contributed by atoms with van der Waals surface area (Å²) in [6.07, 6.45) is 1.24. The maximum absolute atomic E-state index is 8.56. The Morgan fingerprint density at radius 2 is 2.38 bits per heavy atom. The minimum absolute atomic E-state index is 0.176. The predicted octanol–water partition coefficient (Wildman–Crippen LogP) is 1.19. The molecule has 2 atom stereocenters. The molecule has 1 heteroatoms. The lowest BCUT2D eigenvalue weighted by molar-refractivity contribution is 0.324. The van der Waals surface area contributed by atoms with Crippen LogP contribution >= 0.6 is 0 Å². The summed E-state index contributed by atoms with van der Waals surface area (Å²) in [7, 11) is 0. The molecular formula is C7H12O. The summed E-state index contributed by atoms with van der Waals surface area (Å²) in [6, 6.07) is 0. The second-order valence-corrected chi connectivity index (χ2v) is 2.64. The van der Waals surface area contributed by atoms with E-state index in [0.29, 0.717) is 5.92 Å².